The Bertz CT molecular complexity index is 836. The van der Waals surface area contributed by atoms with Crippen LogP contribution in [0.5, 0.6) is 0 Å². The summed E-state index contributed by atoms with van der Waals surface area (Å²) < 4.78 is 0. The molecule has 2 aliphatic rings. The van der Waals surface area contributed by atoms with E-state index in [4.69, 9.17) is 5.11 Å². The molecule has 1 aliphatic heterocycles. The first-order chi connectivity index (χ1) is 12.0. The fourth-order valence-corrected chi connectivity index (χ4v) is 4.14. The molecule has 1 heterocycles. The van der Waals surface area contributed by atoms with E-state index >= 15 is 0 Å². The summed E-state index contributed by atoms with van der Waals surface area (Å²) in [4.78, 5) is 11.1. The summed E-state index contributed by atoms with van der Waals surface area (Å²) in [6, 6.07) is 14.3. The van der Waals surface area contributed by atoms with Crippen molar-refractivity contribution in [2.24, 2.45) is 5.92 Å². The lowest BCUT2D eigenvalue weighted by Gasteiger charge is -2.38. The van der Waals surface area contributed by atoms with Crippen LogP contribution in [-0.4, -0.2) is 11.1 Å². The summed E-state index contributed by atoms with van der Waals surface area (Å²) in [5.41, 5.74) is 5.46. The quantitative estimate of drug-likeness (QED) is 0.746. The number of carboxylic acids is 1. The van der Waals surface area contributed by atoms with Gasteiger partial charge in [-0.05, 0) is 53.1 Å². The van der Waals surface area contributed by atoms with Gasteiger partial charge in [-0.1, -0.05) is 50.3 Å². The molecular weight excluding hydrogens is 310 g/mol. The summed E-state index contributed by atoms with van der Waals surface area (Å²) >= 11 is 0. The van der Waals surface area contributed by atoms with E-state index in [1.54, 1.807) is 12.1 Å². The minimum atomic E-state index is -0.880. The molecule has 0 fully saturated rings. The third-order valence-corrected chi connectivity index (χ3v) is 5.57. The number of hydrogen-bond acceptors (Lipinski definition) is 2. The number of carbonyl (C=O) groups is 1. The Morgan fingerprint density at radius 3 is 2.60 bits per heavy atom. The van der Waals surface area contributed by atoms with Gasteiger partial charge >= 0.3 is 5.97 Å². The molecule has 25 heavy (non-hydrogen) atoms. The summed E-state index contributed by atoms with van der Waals surface area (Å²) in [5.74, 6) is 0.551. The Balaban J connectivity index is 1.71. The largest absolute Gasteiger partial charge is 0.478 e. The first kappa shape index (κ1) is 15.9. The first-order valence-corrected chi connectivity index (χ1v) is 8.95. The average molecular weight is 333 g/mol. The maximum atomic E-state index is 11.1. The van der Waals surface area contributed by atoms with Gasteiger partial charge in [-0.2, -0.15) is 0 Å². The SMILES string of the molecule is CC(C)c1ccc2c(c1)[C@@H]1C=CC[C@@H]1[C@@H](c1ccc(C(=O)O)cc1)N2. The van der Waals surface area contributed by atoms with Crippen molar-refractivity contribution in [3.05, 3.63) is 76.9 Å². The second-order valence-electron chi connectivity index (χ2n) is 7.40. The van der Waals surface area contributed by atoms with E-state index in [0.717, 1.165) is 12.0 Å². The Labute approximate surface area is 148 Å². The molecule has 2 N–H and O–H groups in total. The molecule has 2 aromatic rings. The lowest BCUT2D eigenvalue weighted by atomic mass is 9.76. The van der Waals surface area contributed by atoms with Crippen LogP contribution in [0.15, 0.2) is 54.6 Å². The minimum absolute atomic E-state index is 0.209. The van der Waals surface area contributed by atoms with Crippen molar-refractivity contribution in [3.8, 4) is 0 Å². The van der Waals surface area contributed by atoms with Gasteiger partial charge in [-0.3, -0.25) is 0 Å². The molecule has 1 aliphatic carbocycles. The van der Waals surface area contributed by atoms with Gasteiger partial charge in [0.15, 0.2) is 0 Å². The van der Waals surface area contributed by atoms with Crippen LogP contribution in [0.4, 0.5) is 5.69 Å². The molecule has 3 heteroatoms. The number of fused-ring (bicyclic) bond motifs is 3. The van der Waals surface area contributed by atoms with Crippen molar-refractivity contribution in [3.63, 3.8) is 0 Å². The van der Waals surface area contributed by atoms with Crippen LogP contribution in [0.3, 0.4) is 0 Å². The van der Waals surface area contributed by atoms with E-state index in [0.29, 0.717) is 23.3 Å². The summed E-state index contributed by atoms with van der Waals surface area (Å²) in [7, 11) is 0. The summed E-state index contributed by atoms with van der Waals surface area (Å²) in [5, 5.41) is 12.8. The number of anilines is 1. The van der Waals surface area contributed by atoms with Crippen molar-refractivity contribution in [2.45, 2.75) is 38.1 Å². The van der Waals surface area contributed by atoms with Gasteiger partial charge in [0.25, 0.3) is 0 Å². The molecule has 0 unspecified atom stereocenters. The first-order valence-electron chi connectivity index (χ1n) is 8.95. The Morgan fingerprint density at radius 1 is 1.16 bits per heavy atom. The smallest absolute Gasteiger partial charge is 0.335 e. The molecule has 0 spiro atoms. The standard InChI is InChI=1S/C22H23NO2/c1-13(2)16-10-11-20-19(12-16)17-4-3-5-18(17)21(23-20)14-6-8-15(9-7-14)22(24)25/h3-4,6-13,17-18,21,23H,5H2,1-2H3,(H,24,25)/t17-,18+,21-/m1/s1. The molecule has 4 rings (SSSR count). The monoisotopic (exact) mass is 333 g/mol. The van der Waals surface area contributed by atoms with Gasteiger partial charge in [-0.25, -0.2) is 4.79 Å². The number of hydrogen-bond donors (Lipinski definition) is 2. The van der Waals surface area contributed by atoms with E-state index in [9.17, 15) is 4.79 Å². The molecule has 0 bridgehead atoms. The highest BCUT2D eigenvalue weighted by Gasteiger charge is 2.37. The zero-order valence-corrected chi connectivity index (χ0v) is 14.6. The van der Waals surface area contributed by atoms with Gasteiger partial charge < -0.3 is 10.4 Å². The number of benzene rings is 2. The molecule has 3 nitrogen and oxygen atoms in total. The third-order valence-electron chi connectivity index (χ3n) is 5.57. The van der Waals surface area contributed by atoms with Crippen LogP contribution < -0.4 is 5.32 Å². The number of rotatable bonds is 3. The van der Waals surface area contributed by atoms with Crippen molar-refractivity contribution in [1.29, 1.82) is 0 Å². The molecule has 0 aromatic heterocycles. The highest BCUT2D eigenvalue weighted by molar-refractivity contribution is 5.87. The highest BCUT2D eigenvalue weighted by atomic mass is 16.4. The molecular formula is C22H23NO2. The van der Waals surface area contributed by atoms with E-state index in [1.165, 1.54) is 16.8 Å². The Morgan fingerprint density at radius 2 is 1.92 bits per heavy atom. The normalized spacial score (nSPS) is 23.9. The molecule has 0 saturated heterocycles. The second kappa shape index (κ2) is 6.07. The predicted molar refractivity (Wildman–Crippen MR) is 100 cm³/mol. The average Bonchev–Trinajstić information content (AvgIpc) is 3.10. The van der Waals surface area contributed by atoms with Gasteiger partial charge in [0.05, 0.1) is 11.6 Å². The highest BCUT2D eigenvalue weighted by Crippen LogP contribution is 2.50. The number of nitrogens with one attached hydrogen (secondary N) is 1. The molecule has 0 saturated carbocycles. The predicted octanol–water partition coefficient (Wildman–Crippen LogP) is 5.33. The number of carboxylic acid groups (broad SMARTS) is 1. The summed E-state index contributed by atoms with van der Waals surface area (Å²) in [6.45, 7) is 4.46. The lowest BCUT2D eigenvalue weighted by Crippen LogP contribution is -2.29. The Hall–Kier alpha value is -2.55. The third kappa shape index (κ3) is 2.74. The van der Waals surface area contributed by atoms with Crippen molar-refractivity contribution >= 4 is 11.7 Å². The van der Waals surface area contributed by atoms with Gasteiger partial charge in [0, 0.05) is 11.6 Å². The zero-order valence-electron chi connectivity index (χ0n) is 14.6. The lowest BCUT2D eigenvalue weighted by molar-refractivity contribution is 0.0697. The van der Waals surface area contributed by atoms with Crippen LogP contribution in [-0.2, 0) is 0 Å². The number of aromatic carboxylic acids is 1. The van der Waals surface area contributed by atoms with Crippen LogP contribution in [0.1, 0.15) is 65.2 Å². The van der Waals surface area contributed by atoms with E-state index in [-0.39, 0.29) is 6.04 Å². The van der Waals surface area contributed by atoms with Crippen molar-refractivity contribution < 1.29 is 9.90 Å². The Kier molecular flexibility index (Phi) is 3.87. The second-order valence-corrected chi connectivity index (χ2v) is 7.40. The fourth-order valence-electron chi connectivity index (χ4n) is 4.14. The van der Waals surface area contributed by atoms with E-state index < -0.39 is 5.97 Å². The van der Waals surface area contributed by atoms with E-state index in [1.807, 2.05) is 12.1 Å². The minimum Gasteiger partial charge on any atom is -0.478 e. The molecule has 0 amide bonds. The maximum Gasteiger partial charge on any atom is 0.335 e. The van der Waals surface area contributed by atoms with Gasteiger partial charge in [-0.15, -0.1) is 0 Å². The van der Waals surface area contributed by atoms with Gasteiger partial charge in [0.2, 0.25) is 0 Å². The number of allylic oxidation sites excluding steroid dienone is 2. The van der Waals surface area contributed by atoms with Crippen LogP contribution >= 0.6 is 0 Å². The molecule has 2 aromatic carbocycles. The van der Waals surface area contributed by atoms with Crippen LogP contribution in [0.25, 0.3) is 0 Å². The molecule has 128 valence electrons. The van der Waals surface area contributed by atoms with Crippen molar-refractivity contribution in [2.75, 3.05) is 5.32 Å². The van der Waals surface area contributed by atoms with E-state index in [2.05, 4.69) is 49.5 Å². The molecule has 0 radical (unpaired) electrons. The van der Waals surface area contributed by atoms with Crippen LogP contribution in [0.2, 0.25) is 0 Å². The topological polar surface area (TPSA) is 49.3 Å². The van der Waals surface area contributed by atoms with Crippen molar-refractivity contribution in [1.82, 2.24) is 0 Å². The fraction of sp³-hybridized carbons (Fsp3) is 0.318. The molecule has 3 atom stereocenters. The van der Waals surface area contributed by atoms with Crippen LogP contribution in [0, 0.1) is 5.92 Å². The summed E-state index contributed by atoms with van der Waals surface area (Å²) in [6.07, 6.45) is 5.67. The van der Waals surface area contributed by atoms with Gasteiger partial charge in [0.1, 0.15) is 0 Å². The maximum absolute atomic E-state index is 11.1. The zero-order chi connectivity index (χ0) is 17.6.